The summed E-state index contributed by atoms with van der Waals surface area (Å²) in [6.45, 7) is 6.15. The zero-order chi connectivity index (χ0) is 18.5. The highest BCUT2D eigenvalue weighted by Crippen LogP contribution is 2.26. The predicted molar refractivity (Wildman–Crippen MR) is 100 cm³/mol. The van der Waals surface area contributed by atoms with Crippen LogP contribution in [0.2, 0.25) is 0 Å². The first kappa shape index (κ1) is 18.0. The third-order valence-electron chi connectivity index (χ3n) is 3.70. The van der Waals surface area contributed by atoms with Crippen LogP contribution in [0.3, 0.4) is 0 Å². The first-order valence-electron chi connectivity index (χ1n) is 7.98. The van der Waals surface area contributed by atoms with Gasteiger partial charge in [-0.05, 0) is 23.9 Å². The van der Waals surface area contributed by atoms with Crippen LogP contribution in [-0.4, -0.2) is 39.3 Å². The largest absolute Gasteiger partial charge is 0.378 e. The van der Waals surface area contributed by atoms with Gasteiger partial charge in [-0.1, -0.05) is 12.1 Å². The molecular weight excluding hydrogens is 350 g/mol. The molecule has 0 atom stereocenters. The molecule has 1 amide bonds. The second kappa shape index (κ2) is 8.03. The Labute approximate surface area is 155 Å². The van der Waals surface area contributed by atoms with Crippen molar-refractivity contribution in [1.82, 2.24) is 25.1 Å². The van der Waals surface area contributed by atoms with E-state index in [4.69, 9.17) is 4.74 Å². The van der Waals surface area contributed by atoms with Gasteiger partial charge in [-0.2, -0.15) is 9.78 Å². The number of aryl methyl sites for hydroxylation is 1. The zero-order valence-electron chi connectivity index (χ0n) is 14.6. The van der Waals surface area contributed by atoms with E-state index in [1.165, 1.54) is 6.20 Å². The van der Waals surface area contributed by atoms with Crippen LogP contribution in [0.4, 0.5) is 0 Å². The van der Waals surface area contributed by atoms with Crippen LogP contribution in [0.25, 0.3) is 16.5 Å². The fourth-order valence-electron chi connectivity index (χ4n) is 2.47. The van der Waals surface area contributed by atoms with Crippen molar-refractivity contribution in [3.63, 3.8) is 0 Å². The minimum Gasteiger partial charge on any atom is -0.378 e. The molecule has 8 heteroatoms. The van der Waals surface area contributed by atoms with Gasteiger partial charge in [0.05, 0.1) is 34.6 Å². The summed E-state index contributed by atoms with van der Waals surface area (Å²) < 4.78 is 6.80. The summed E-state index contributed by atoms with van der Waals surface area (Å²) >= 11 is 1.61. The Balaban J connectivity index is 2.04. The normalized spacial score (nSPS) is 10.7. The summed E-state index contributed by atoms with van der Waals surface area (Å²) in [7, 11) is 1.57. The maximum absolute atomic E-state index is 12.3. The van der Waals surface area contributed by atoms with Gasteiger partial charge in [0.25, 0.3) is 11.9 Å². The number of thiophene rings is 1. The minimum atomic E-state index is -0.242. The van der Waals surface area contributed by atoms with Gasteiger partial charge in [0.2, 0.25) is 0 Å². The molecule has 7 nitrogen and oxygen atoms in total. The Morgan fingerprint density at radius 2 is 2.31 bits per heavy atom. The van der Waals surface area contributed by atoms with Crippen LogP contribution in [0, 0.1) is 6.92 Å². The molecule has 3 heterocycles. The van der Waals surface area contributed by atoms with Crippen LogP contribution in [0.5, 0.6) is 0 Å². The van der Waals surface area contributed by atoms with Gasteiger partial charge >= 0.3 is 0 Å². The van der Waals surface area contributed by atoms with E-state index in [0.717, 1.165) is 16.1 Å². The van der Waals surface area contributed by atoms with Crippen molar-refractivity contribution in [3.8, 4) is 16.5 Å². The molecule has 0 bridgehead atoms. The minimum absolute atomic E-state index is 0.211. The molecule has 0 saturated carbocycles. The van der Waals surface area contributed by atoms with Crippen LogP contribution in [0.1, 0.15) is 21.6 Å². The second-order valence-electron chi connectivity index (χ2n) is 5.53. The molecule has 3 aromatic rings. The second-order valence-corrected chi connectivity index (χ2v) is 6.48. The number of hydrogen-bond donors (Lipinski definition) is 1. The molecule has 1 N–H and O–H groups in total. The fourth-order valence-corrected chi connectivity index (χ4v) is 3.25. The van der Waals surface area contributed by atoms with Crippen molar-refractivity contribution in [2.75, 3.05) is 13.7 Å². The topological polar surface area (TPSA) is 81.9 Å². The van der Waals surface area contributed by atoms with Gasteiger partial charge in [-0.15, -0.1) is 17.9 Å². The Kier molecular flexibility index (Phi) is 5.55. The van der Waals surface area contributed by atoms with Gasteiger partial charge in [0.15, 0.2) is 0 Å². The Bertz CT molecular complexity index is 918. The molecule has 0 aliphatic heterocycles. The maximum atomic E-state index is 12.3. The van der Waals surface area contributed by atoms with Crippen LogP contribution >= 0.6 is 11.3 Å². The van der Waals surface area contributed by atoms with Crippen LogP contribution in [-0.2, 0) is 11.3 Å². The van der Waals surface area contributed by atoms with E-state index in [0.29, 0.717) is 23.8 Å². The van der Waals surface area contributed by atoms with Gasteiger partial charge in [-0.25, -0.2) is 9.97 Å². The lowest BCUT2D eigenvalue weighted by molar-refractivity contribution is 0.0952. The quantitative estimate of drug-likeness (QED) is 0.648. The van der Waals surface area contributed by atoms with Crippen molar-refractivity contribution in [2.45, 2.75) is 13.5 Å². The van der Waals surface area contributed by atoms with Gasteiger partial charge in [0, 0.05) is 19.9 Å². The highest BCUT2D eigenvalue weighted by atomic mass is 32.1. The molecular formula is C18H19N5O2S. The summed E-state index contributed by atoms with van der Waals surface area (Å²) in [4.78, 5) is 22.4. The standard InChI is InChI=1S/C18H19N5O2S/c1-4-7-19-17(24)13-10-21-23(14(13)11-25-3)18-20-9-12(2)16(22-18)15-6-5-8-26-15/h4-6,8-10H,1,7,11H2,2-3H3,(H,19,24). The summed E-state index contributed by atoms with van der Waals surface area (Å²) in [5.74, 6) is 0.155. The number of hydrogen-bond acceptors (Lipinski definition) is 6. The predicted octanol–water partition coefficient (Wildman–Crippen LogP) is 2.76. The Hall–Kier alpha value is -2.84. The van der Waals surface area contributed by atoms with Crippen LogP contribution < -0.4 is 5.32 Å². The molecule has 0 fully saturated rings. The van der Waals surface area contributed by atoms with Gasteiger partial charge in [0.1, 0.15) is 0 Å². The molecule has 3 rings (SSSR count). The van der Waals surface area contributed by atoms with E-state index in [1.54, 1.807) is 35.4 Å². The van der Waals surface area contributed by atoms with E-state index in [2.05, 4.69) is 27.0 Å². The van der Waals surface area contributed by atoms with Gasteiger partial charge < -0.3 is 10.1 Å². The van der Waals surface area contributed by atoms with E-state index in [-0.39, 0.29) is 12.5 Å². The van der Waals surface area contributed by atoms with E-state index >= 15 is 0 Å². The van der Waals surface area contributed by atoms with Crippen molar-refractivity contribution in [2.24, 2.45) is 0 Å². The summed E-state index contributed by atoms with van der Waals surface area (Å²) in [6, 6.07) is 3.99. The lowest BCUT2D eigenvalue weighted by Gasteiger charge is -2.10. The number of rotatable bonds is 7. The zero-order valence-corrected chi connectivity index (χ0v) is 15.4. The Morgan fingerprint density at radius 3 is 3.00 bits per heavy atom. The van der Waals surface area contributed by atoms with Gasteiger partial charge in [-0.3, -0.25) is 4.79 Å². The van der Waals surface area contributed by atoms with Crippen molar-refractivity contribution >= 4 is 17.2 Å². The molecule has 26 heavy (non-hydrogen) atoms. The third-order valence-corrected chi connectivity index (χ3v) is 4.58. The molecule has 3 aromatic heterocycles. The van der Waals surface area contributed by atoms with E-state index in [9.17, 15) is 4.79 Å². The number of amides is 1. The van der Waals surface area contributed by atoms with Crippen molar-refractivity contribution in [1.29, 1.82) is 0 Å². The monoisotopic (exact) mass is 369 g/mol. The van der Waals surface area contributed by atoms with Crippen molar-refractivity contribution < 1.29 is 9.53 Å². The average molecular weight is 369 g/mol. The third kappa shape index (κ3) is 3.56. The maximum Gasteiger partial charge on any atom is 0.255 e. The number of ether oxygens (including phenoxy) is 1. The van der Waals surface area contributed by atoms with Crippen molar-refractivity contribution in [3.05, 3.63) is 59.4 Å². The molecule has 0 spiro atoms. The molecule has 0 aliphatic carbocycles. The molecule has 0 unspecified atom stereocenters. The van der Waals surface area contributed by atoms with E-state index < -0.39 is 0 Å². The summed E-state index contributed by atoms with van der Waals surface area (Å²) in [6.07, 6.45) is 4.88. The molecule has 0 radical (unpaired) electrons. The first-order valence-corrected chi connectivity index (χ1v) is 8.86. The molecule has 0 aromatic carbocycles. The SMILES string of the molecule is C=CCNC(=O)c1cnn(-c2ncc(C)c(-c3cccs3)n2)c1COC. The summed E-state index contributed by atoms with van der Waals surface area (Å²) in [5.41, 5.74) is 2.84. The number of carbonyl (C=O) groups excluding carboxylic acids is 1. The smallest absolute Gasteiger partial charge is 0.255 e. The number of nitrogens with zero attached hydrogens (tertiary/aromatic N) is 4. The molecule has 0 aliphatic rings. The average Bonchev–Trinajstić information content (AvgIpc) is 3.31. The molecule has 0 saturated heterocycles. The summed E-state index contributed by atoms with van der Waals surface area (Å²) in [5, 5.41) is 9.07. The number of carbonyl (C=O) groups is 1. The van der Waals surface area contributed by atoms with E-state index in [1.807, 2.05) is 24.4 Å². The number of methoxy groups -OCH3 is 1. The molecule has 134 valence electrons. The number of nitrogens with one attached hydrogen (secondary N) is 1. The highest BCUT2D eigenvalue weighted by molar-refractivity contribution is 7.13. The Morgan fingerprint density at radius 1 is 1.46 bits per heavy atom. The highest BCUT2D eigenvalue weighted by Gasteiger charge is 2.20. The lowest BCUT2D eigenvalue weighted by atomic mass is 10.2. The first-order chi connectivity index (χ1) is 12.7. The number of aromatic nitrogens is 4. The van der Waals surface area contributed by atoms with Crippen LogP contribution in [0.15, 0.2) is 42.6 Å². The fraction of sp³-hybridized carbons (Fsp3) is 0.222. The lowest BCUT2D eigenvalue weighted by Crippen LogP contribution is -2.24.